The lowest BCUT2D eigenvalue weighted by Crippen LogP contribution is -2.88. The Hall–Kier alpha value is -1.66. The van der Waals surface area contributed by atoms with E-state index in [0.29, 0.717) is 12.8 Å². The van der Waals surface area contributed by atoms with Crippen LogP contribution < -0.4 is 0 Å². The van der Waals surface area contributed by atoms with Gasteiger partial charge < -0.3 is 0 Å². The van der Waals surface area contributed by atoms with E-state index in [-0.39, 0.29) is 21.6 Å². The molecule has 3 saturated carbocycles. The molecule has 3 fully saturated rings. The summed E-state index contributed by atoms with van der Waals surface area (Å²) in [5.41, 5.74) is 0. The van der Waals surface area contributed by atoms with Gasteiger partial charge in [-0.25, -0.2) is 16.8 Å². The van der Waals surface area contributed by atoms with Gasteiger partial charge in [-0.05, 0) is 61.8 Å². The second kappa shape index (κ2) is 4.98. The van der Waals surface area contributed by atoms with Crippen molar-refractivity contribution >= 4 is 19.7 Å². The van der Waals surface area contributed by atoms with Crippen molar-refractivity contribution < 1.29 is 16.8 Å². The molecule has 2 unspecified atom stereocenters. The van der Waals surface area contributed by atoms with E-state index in [2.05, 4.69) is 0 Å². The SMILES string of the molecule is O=S(=O)(c1ccccc1)[C@@]12CCC1C1CC[C@]12S(=O)(=O)c1ccccc1. The van der Waals surface area contributed by atoms with Crippen molar-refractivity contribution in [2.75, 3.05) is 0 Å². The van der Waals surface area contributed by atoms with Gasteiger partial charge in [-0.3, -0.25) is 0 Å². The van der Waals surface area contributed by atoms with E-state index < -0.39 is 29.2 Å². The molecular weight excluding hydrogens is 368 g/mol. The molecule has 0 radical (unpaired) electrons. The average molecular weight is 389 g/mol. The van der Waals surface area contributed by atoms with Gasteiger partial charge in [0.25, 0.3) is 0 Å². The van der Waals surface area contributed by atoms with E-state index in [0.717, 1.165) is 12.8 Å². The van der Waals surface area contributed by atoms with E-state index in [1.165, 1.54) is 0 Å². The zero-order valence-corrected chi connectivity index (χ0v) is 15.8. The van der Waals surface area contributed by atoms with E-state index in [1.807, 2.05) is 0 Å². The number of hydrogen-bond donors (Lipinski definition) is 0. The van der Waals surface area contributed by atoms with Gasteiger partial charge in [-0.15, -0.1) is 0 Å². The highest BCUT2D eigenvalue weighted by atomic mass is 32.2. The number of rotatable bonds is 4. The quantitative estimate of drug-likeness (QED) is 0.806. The predicted molar refractivity (Wildman–Crippen MR) is 98.2 cm³/mol. The summed E-state index contributed by atoms with van der Waals surface area (Å²) in [6, 6.07) is 16.7. The lowest BCUT2D eigenvalue weighted by molar-refractivity contribution is -0.118. The third kappa shape index (κ3) is 1.54. The van der Waals surface area contributed by atoms with Crippen LogP contribution in [0.1, 0.15) is 25.7 Å². The van der Waals surface area contributed by atoms with Gasteiger partial charge >= 0.3 is 0 Å². The second-order valence-electron chi connectivity index (χ2n) is 7.70. The maximum atomic E-state index is 13.6. The summed E-state index contributed by atoms with van der Waals surface area (Å²) >= 11 is 0. The molecule has 26 heavy (non-hydrogen) atoms. The van der Waals surface area contributed by atoms with Gasteiger partial charge in [0.05, 0.1) is 9.79 Å². The van der Waals surface area contributed by atoms with Gasteiger partial charge in [-0.2, -0.15) is 0 Å². The van der Waals surface area contributed by atoms with Crippen LogP contribution in [-0.4, -0.2) is 26.3 Å². The van der Waals surface area contributed by atoms with Crippen molar-refractivity contribution in [1.29, 1.82) is 0 Å². The predicted octanol–water partition coefficient (Wildman–Crippen LogP) is 3.25. The summed E-state index contributed by atoms with van der Waals surface area (Å²) in [7, 11) is -7.45. The van der Waals surface area contributed by atoms with Crippen LogP contribution in [0.15, 0.2) is 70.5 Å². The molecule has 6 heteroatoms. The average Bonchev–Trinajstić information content (AvgIpc) is 2.62. The first-order valence-electron chi connectivity index (χ1n) is 8.99. The van der Waals surface area contributed by atoms with Crippen molar-refractivity contribution in [2.45, 2.75) is 45.0 Å². The molecule has 0 aromatic heterocycles. The van der Waals surface area contributed by atoms with Crippen LogP contribution in [0.25, 0.3) is 0 Å². The van der Waals surface area contributed by atoms with Gasteiger partial charge in [0.2, 0.25) is 0 Å². The van der Waals surface area contributed by atoms with E-state index in [1.54, 1.807) is 60.7 Å². The van der Waals surface area contributed by atoms with Gasteiger partial charge in [0, 0.05) is 0 Å². The molecule has 3 aliphatic rings. The van der Waals surface area contributed by atoms with Crippen LogP contribution in [0, 0.1) is 11.8 Å². The summed E-state index contributed by atoms with van der Waals surface area (Å²) in [5, 5.41) is 0. The molecule has 3 aliphatic carbocycles. The van der Waals surface area contributed by atoms with Crippen LogP contribution in [0.5, 0.6) is 0 Å². The Kier molecular flexibility index (Phi) is 3.17. The maximum Gasteiger partial charge on any atom is 0.185 e. The molecule has 136 valence electrons. The summed E-state index contributed by atoms with van der Waals surface area (Å²) in [4.78, 5) is 0.496. The smallest absolute Gasteiger partial charge is 0.185 e. The fraction of sp³-hybridized carbons (Fsp3) is 0.400. The fourth-order valence-corrected chi connectivity index (χ4v) is 12.0. The molecule has 0 amide bonds. The Morgan fingerprint density at radius 3 is 1.23 bits per heavy atom. The van der Waals surface area contributed by atoms with Crippen LogP contribution in [-0.2, 0) is 19.7 Å². The lowest BCUT2D eigenvalue weighted by Gasteiger charge is -2.78. The summed E-state index contributed by atoms with van der Waals surface area (Å²) in [5.74, 6) is -0.0557. The summed E-state index contributed by atoms with van der Waals surface area (Å²) < 4.78 is 52.1. The molecular formula is C20H20O4S2. The highest BCUT2D eigenvalue weighted by molar-refractivity contribution is 7.97. The van der Waals surface area contributed by atoms with Crippen LogP contribution in [0.4, 0.5) is 0 Å². The molecule has 4 atom stereocenters. The highest BCUT2D eigenvalue weighted by Gasteiger charge is 2.88. The Morgan fingerprint density at radius 1 is 0.615 bits per heavy atom. The molecule has 0 heterocycles. The highest BCUT2D eigenvalue weighted by Crippen LogP contribution is 2.79. The largest absolute Gasteiger partial charge is 0.223 e. The number of sulfone groups is 2. The first kappa shape index (κ1) is 16.5. The third-order valence-electron chi connectivity index (χ3n) is 7.12. The molecule has 2 aromatic rings. The van der Waals surface area contributed by atoms with Gasteiger partial charge in [-0.1, -0.05) is 36.4 Å². The normalized spacial score (nSPS) is 35.2. The van der Waals surface area contributed by atoms with E-state index in [9.17, 15) is 16.8 Å². The van der Waals surface area contributed by atoms with E-state index in [4.69, 9.17) is 0 Å². The number of benzene rings is 2. The minimum Gasteiger partial charge on any atom is -0.223 e. The lowest BCUT2D eigenvalue weighted by atomic mass is 9.38. The Balaban J connectivity index is 1.71. The van der Waals surface area contributed by atoms with Crippen molar-refractivity contribution in [1.82, 2.24) is 0 Å². The van der Waals surface area contributed by atoms with Crippen molar-refractivity contribution in [3.05, 3.63) is 60.7 Å². The molecule has 0 saturated heterocycles. The molecule has 0 aliphatic heterocycles. The topological polar surface area (TPSA) is 68.3 Å². The second-order valence-corrected chi connectivity index (χ2v) is 12.1. The van der Waals surface area contributed by atoms with Crippen LogP contribution in [0.2, 0.25) is 0 Å². The summed E-state index contributed by atoms with van der Waals surface area (Å²) in [6.45, 7) is 0. The van der Waals surface area contributed by atoms with Crippen molar-refractivity contribution in [3.63, 3.8) is 0 Å². The fourth-order valence-electron chi connectivity index (χ4n) is 5.90. The van der Waals surface area contributed by atoms with Crippen molar-refractivity contribution in [2.24, 2.45) is 11.8 Å². The molecule has 0 bridgehead atoms. The zero-order valence-electron chi connectivity index (χ0n) is 14.2. The Labute approximate surface area is 154 Å². The Morgan fingerprint density at radius 2 is 0.962 bits per heavy atom. The minimum absolute atomic E-state index is 0.0278. The molecule has 2 aromatic carbocycles. The van der Waals surface area contributed by atoms with Crippen LogP contribution >= 0.6 is 0 Å². The summed E-state index contributed by atoms with van der Waals surface area (Å²) in [6.07, 6.45) is 2.50. The van der Waals surface area contributed by atoms with Gasteiger partial charge in [0.1, 0.15) is 9.49 Å². The van der Waals surface area contributed by atoms with Crippen LogP contribution in [0.3, 0.4) is 0 Å². The third-order valence-corrected chi connectivity index (χ3v) is 12.7. The van der Waals surface area contributed by atoms with E-state index >= 15 is 0 Å². The zero-order chi connectivity index (χ0) is 18.2. The van der Waals surface area contributed by atoms with Crippen molar-refractivity contribution in [3.8, 4) is 0 Å². The molecule has 5 rings (SSSR count). The molecule has 0 spiro atoms. The molecule has 0 N–H and O–H groups in total. The molecule has 4 nitrogen and oxygen atoms in total. The maximum absolute atomic E-state index is 13.6. The standard InChI is InChI=1S/C20H20O4S2/c21-25(22,15-7-3-1-4-8-15)19-13-11-17(19)18-12-14-20(18,19)26(23,24)16-9-5-2-6-10-16/h1-10,17-18H,11-14H2/t17?,18?,19-,20-/m0/s1. The minimum atomic E-state index is -3.72. The number of hydrogen-bond acceptors (Lipinski definition) is 4. The first-order valence-corrected chi connectivity index (χ1v) is 12.0. The number of fused-ring (bicyclic) bond motifs is 4. The monoisotopic (exact) mass is 388 g/mol. The Bertz CT molecular complexity index is 988. The first-order chi connectivity index (χ1) is 12.4. The van der Waals surface area contributed by atoms with Gasteiger partial charge in [0.15, 0.2) is 19.7 Å².